The highest BCUT2D eigenvalue weighted by Gasteiger charge is 2.34. The predicted molar refractivity (Wildman–Crippen MR) is 63.1 cm³/mol. The number of carbonyl (C=O) groups excluding carboxylic acids is 1. The fourth-order valence-electron chi connectivity index (χ4n) is 1.68. The first kappa shape index (κ1) is 10.5. The van der Waals surface area contributed by atoms with Crippen molar-refractivity contribution in [1.29, 1.82) is 0 Å². The number of hydrogen-bond donors (Lipinski definition) is 1. The third-order valence-electron chi connectivity index (χ3n) is 2.67. The molecular formula is C12H9ClN2O2. The van der Waals surface area contributed by atoms with Crippen LogP contribution in [0.2, 0.25) is 5.02 Å². The summed E-state index contributed by atoms with van der Waals surface area (Å²) in [4.78, 5) is 11.9. The van der Waals surface area contributed by atoms with Gasteiger partial charge in [0.05, 0.1) is 12.8 Å². The fraction of sp³-hybridized carbons (Fsp3) is 0.167. The van der Waals surface area contributed by atoms with Gasteiger partial charge in [-0.1, -0.05) is 23.7 Å². The van der Waals surface area contributed by atoms with Gasteiger partial charge in [-0.25, -0.2) is 0 Å². The van der Waals surface area contributed by atoms with E-state index in [2.05, 4.69) is 10.2 Å². The van der Waals surface area contributed by atoms with Crippen LogP contribution < -0.4 is 0 Å². The predicted octanol–water partition coefficient (Wildman–Crippen LogP) is 2.31. The number of H-pyrrole nitrogens is 1. The van der Waals surface area contributed by atoms with Gasteiger partial charge in [0.1, 0.15) is 11.8 Å². The molecule has 0 unspecified atom stereocenters. The second-order valence-electron chi connectivity index (χ2n) is 3.85. The van der Waals surface area contributed by atoms with E-state index in [-0.39, 0.29) is 11.9 Å². The van der Waals surface area contributed by atoms with Crippen LogP contribution in [-0.4, -0.2) is 28.7 Å². The van der Waals surface area contributed by atoms with Gasteiger partial charge >= 0.3 is 0 Å². The largest absolute Gasteiger partial charge is 0.364 e. The average molecular weight is 249 g/mol. The molecule has 2 heterocycles. The second-order valence-corrected chi connectivity index (χ2v) is 4.29. The first-order chi connectivity index (χ1) is 8.25. The SMILES string of the molecule is O=C(c1[nH]ncc1-c1ccc(Cl)cc1)[C@@H]1CO1. The maximum absolute atomic E-state index is 11.9. The summed E-state index contributed by atoms with van der Waals surface area (Å²) < 4.78 is 4.99. The standard InChI is InChI=1S/C12H9ClN2O2/c13-8-3-1-7(2-4-8)9-5-14-15-11(9)12(16)10-6-17-10/h1-5,10H,6H2,(H,14,15)/t10-/m0/s1. The molecule has 1 aromatic heterocycles. The molecule has 1 aliphatic rings. The van der Waals surface area contributed by atoms with E-state index in [4.69, 9.17) is 16.3 Å². The number of aromatic amines is 1. The minimum Gasteiger partial charge on any atom is -0.364 e. The Kier molecular flexibility index (Phi) is 2.46. The molecule has 3 rings (SSSR count). The fourth-order valence-corrected chi connectivity index (χ4v) is 1.81. The summed E-state index contributed by atoms with van der Waals surface area (Å²) in [6.45, 7) is 0.498. The number of ketones is 1. The molecule has 5 heteroatoms. The molecule has 0 aliphatic carbocycles. The second kappa shape index (κ2) is 3.98. The van der Waals surface area contributed by atoms with Crippen molar-refractivity contribution in [2.24, 2.45) is 0 Å². The van der Waals surface area contributed by atoms with Crippen LogP contribution in [0, 0.1) is 0 Å². The van der Waals surface area contributed by atoms with Gasteiger partial charge < -0.3 is 4.74 Å². The number of nitrogens with one attached hydrogen (secondary N) is 1. The van der Waals surface area contributed by atoms with Crippen LogP contribution in [0.15, 0.2) is 30.5 Å². The Balaban J connectivity index is 2.00. The van der Waals surface area contributed by atoms with Crippen LogP contribution in [-0.2, 0) is 4.74 Å². The Morgan fingerprint density at radius 2 is 2.12 bits per heavy atom. The lowest BCUT2D eigenvalue weighted by Gasteiger charge is -2.01. The number of hydrogen-bond acceptors (Lipinski definition) is 3. The number of halogens is 1. The number of nitrogens with zero attached hydrogens (tertiary/aromatic N) is 1. The van der Waals surface area contributed by atoms with E-state index in [9.17, 15) is 4.79 Å². The van der Waals surface area contributed by atoms with Gasteiger partial charge in [-0.3, -0.25) is 9.89 Å². The molecule has 17 heavy (non-hydrogen) atoms. The number of carbonyl (C=O) groups is 1. The van der Waals surface area contributed by atoms with Crippen molar-refractivity contribution in [2.75, 3.05) is 6.61 Å². The topological polar surface area (TPSA) is 58.3 Å². The maximum Gasteiger partial charge on any atom is 0.212 e. The van der Waals surface area contributed by atoms with E-state index >= 15 is 0 Å². The van der Waals surface area contributed by atoms with Crippen LogP contribution in [0.1, 0.15) is 10.5 Å². The van der Waals surface area contributed by atoms with Crippen molar-refractivity contribution in [3.8, 4) is 11.1 Å². The lowest BCUT2D eigenvalue weighted by atomic mass is 10.0. The van der Waals surface area contributed by atoms with Crippen LogP contribution in [0.25, 0.3) is 11.1 Å². The van der Waals surface area contributed by atoms with E-state index in [0.717, 1.165) is 11.1 Å². The summed E-state index contributed by atoms with van der Waals surface area (Å²) >= 11 is 5.83. The zero-order chi connectivity index (χ0) is 11.8. The molecular weight excluding hydrogens is 240 g/mol. The maximum atomic E-state index is 11.9. The van der Waals surface area contributed by atoms with Crippen molar-refractivity contribution in [2.45, 2.75) is 6.10 Å². The smallest absolute Gasteiger partial charge is 0.212 e. The first-order valence-electron chi connectivity index (χ1n) is 5.21. The molecule has 1 fully saturated rings. The molecule has 2 aromatic rings. The molecule has 1 atom stereocenters. The Hall–Kier alpha value is -1.65. The van der Waals surface area contributed by atoms with E-state index in [0.29, 0.717) is 17.3 Å². The summed E-state index contributed by atoms with van der Waals surface area (Å²) in [6.07, 6.45) is 1.33. The minimum absolute atomic E-state index is 0.0487. The van der Waals surface area contributed by atoms with Gasteiger partial charge in [-0.2, -0.15) is 5.10 Å². The van der Waals surface area contributed by atoms with Gasteiger partial charge in [0, 0.05) is 10.6 Å². The molecule has 0 spiro atoms. The molecule has 86 valence electrons. The van der Waals surface area contributed by atoms with E-state index in [1.807, 2.05) is 12.1 Å². The van der Waals surface area contributed by atoms with Gasteiger partial charge in [0.15, 0.2) is 0 Å². The van der Waals surface area contributed by atoms with Crippen molar-refractivity contribution >= 4 is 17.4 Å². The summed E-state index contributed by atoms with van der Waals surface area (Å²) in [6, 6.07) is 7.28. The van der Waals surface area contributed by atoms with E-state index in [1.54, 1.807) is 18.3 Å². The highest BCUT2D eigenvalue weighted by molar-refractivity contribution is 6.30. The number of rotatable bonds is 3. The molecule has 1 aliphatic heterocycles. The molecule has 4 nitrogen and oxygen atoms in total. The molecule has 0 radical (unpaired) electrons. The van der Waals surface area contributed by atoms with Crippen molar-refractivity contribution < 1.29 is 9.53 Å². The van der Waals surface area contributed by atoms with Crippen LogP contribution in [0.3, 0.4) is 0 Å². The monoisotopic (exact) mass is 248 g/mol. The Bertz CT molecular complexity index is 558. The van der Waals surface area contributed by atoms with Gasteiger partial charge in [-0.15, -0.1) is 0 Å². The molecule has 0 amide bonds. The van der Waals surface area contributed by atoms with E-state index in [1.165, 1.54) is 0 Å². The number of epoxide rings is 1. The Labute approximate surface area is 103 Å². The van der Waals surface area contributed by atoms with Gasteiger partial charge in [0.2, 0.25) is 5.78 Å². The molecule has 1 N–H and O–H groups in total. The summed E-state index contributed by atoms with van der Waals surface area (Å²) in [5.74, 6) is -0.0487. The van der Waals surface area contributed by atoms with E-state index < -0.39 is 0 Å². The van der Waals surface area contributed by atoms with Crippen LogP contribution in [0.5, 0.6) is 0 Å². The van der Waals surface area contributed by atoms with Crippen LogP contribution in [0.4, 0.5) is 0 Å². The zero-order valence-electron chi connectivity index (χ0n) is 8.81. The summed E-state index contributed by atoms with van der Waals surface area (Å²) in [5.41, 5.74) is 2.18. The quantitative estimate of drug-likeness (QED) is 0.670. The van der Waals surface area contributed by atoms with Crippen molar-refractivity contribution in [1.82, 2.24) is 10.2 Å². The van der Waals surface area contributed by atoms with Gasteiger partial charge in [0.25, 0.3) is 0 Å². The highest BCUT2D eigenvalue weighted by Crippen LogP contribution is 2.26. The molecule has 1 aromatic carbocycles. The van der Waals surface area contributed by atoms with Crippen molar-refractivity contribution in [3.63, 3.8) is 0 Å². The van der Waals surface area contributed by atoms with Gasteiger partial charge in [-0.05, 0) is 17.7 Å². The lowest BCUT2D eigenvalue weighted by molar-refractivity contribution is 0.0949. The minimum atomic E-state index is -0.304. The van der Waals surface area contributed by atoms with Crippen LogP contribution >= 0.6 is 11.6 Å². The normalized spacial score (nSPS) is 18.1. The molecule has 1 saturated heterocycles. The molecule has 0 bridgehead atoms. The summed E-state index contributed by atoms with van der Waals surface area (Å²) in [5, 5.41) is 7.31. The number of Topliss-reactive ketones (excluding diaryl/α,β-unsaturated/α-hetero) is 1. The average Bonchev–Trinajstić information content (AvgIpc) is 3.07. The first-order valence-corrected chi connectivity index (χ1v) is 5.58. The zero-order valence-corrected chi connectivity index (χ0v) is 9.57. The lowest BCUT2D eigenvalue weighted by Crippen LogP contribution is -2.08. The third kappa shape index (κ3) is 1.97. The summed E-state index contributed by atoms with van der Waals surface area (Å²) in [7, 11) is 0. The highest BCUT2D eigenvalue weighted by atomic mass is 35.5. The number of benzene rings is 1. The number of ether oxygens (including phenoxy) is 1. The number of aromatic nitrogens is 2. The Morgan fingerprint density at radius 3 is 2.76 bits per heavy atom. The third-order valence-corrected chi connectivity index (χ3v) is 2.92. The molecule has 0 saturated carbocycles. The Morgan fingerprint density at radius 1 is 1.41 bits per heavy atom. The van der Waals surface area contributed by atoms with Crippen molar-refractivity contribution in [3.05, 3.63) is 41.2 Å².